The fourth-order valence-corrected chi connectivity index (χ4v) is 4.91. The number of nitrogens with one attached hydrogen (secondary N) is 2. The van der Waals surface area contributed by atoms with Crippen molar-refractivity contribution in [3.63, 3.8) is 0 Å². The van der Waals surface area contributed by atoms with Gasteiger partial charge in [-0.3, -0.25) is 4.79 Å². The van der Waals surface area contributed by atoms with Gasteiger partial charge in [0, 0.05) is 17.5 Å². The van der Waals surface area contributed by atoms with Gasteiger partial charge in [0.05, 0.1) is 5.56 Å². The molecular weight excluding hydrogens is 404 g/mol. The Bertz CT molecular complexity index is 1030. The number of benzene rings is 2. The molecule has 1 aromatic heterocycles. The van der Waals surface area contributed by atoms with Crippen LogP contribution in [-0.4, -0.2) is 24.6 Å². The molecule has 0 bridgehead atoms. The second-order valence-corrected chi connectivity index (χ2v) is 9.77. The van der Waals surface area contributed by atoms with Crippen molar-refractivity contribution in [3.8, 4) is 5.75 Å². The standard InChI is InChI=1S/C26H32N2O2S/c1-18-13-14-31-24(18)22(27-4)15-19-9-5-6-10-20(19)16-26(2,3)17-28-25(30)21-11-7-8-12-23(21)29/h5-14,22,27,29H,15-17H2,1-4H3,(H,28,30). The normalized spacial score (nSPS) is 12.5. The van der Waals surface area contributed by atoms with Gasteiger partial charge in [-0.2, -0.15) is 0 Å². The Labute approximate surface area is 189 Å². The Morgan fingerprint density at radius 2 is 1.74 bits per heavy atom. The van der Waals surface area contributed by atoms with Crippen LogP contribution in [0.25, 0.3) is 0 Å². The topological polar surface area (TPSA) is 61.4 Å². The first-order valence-corrected chi connectivity index (χ1v) is 11.5. The molecule has 0 spiro atoms. The van der Waals surface area contributed by atoms with E-state index in [-0.39, 0.29) is 23.1 Å². The van der Waals surface area contributed by atoms with Gasteiger partial charge in [-0.1, -0.05) is 50.2 Å². The highest BCUT2D eigenvalue weighted by Gasteiger charge is 2.23. The van der Waals surface area contributed by atoms with E-state index in [0.717, 1.165) is 12.8 Å². The molecule has 0 aliphatic heterocycles. The van der Waals surface area contributed by atoms with Crippen molar-refractivity contribution in [3.05, 3.63) is 87.1 Å². The van der Waals surface area contributed by atoms with Gasteiger partial charge in [0.25, 0.3) is 5.91 Å². The lowest BCUT2D eigenvalue weighted by Gasteiger charge is -2.27. The van der Waals surface area contributed by atoms with Crippen molar-refractivity contribution in [2.24, 2.45) is 5.41 Å². The molecular formula is C26H32N2O2S. The highest BCUT2D eigenvalue weighted by Crippen LogP contribution is 2.30. The van der Waals surface area contributed by atoms with Crippen LogP contribution >= 0.6 is 11.3 Å². The zero-order valence-electron chi connectivity index (χ0n) is 18.7. The van der Waals surface area contributed by atoms with E-state index in [9.17, 15) is 9.90 Å². The molecule has 0 aliphatic carbocycles. The molecule has 1 amide bonds. The minimum absolute atomic E-state index is 0.00475. The van der Waals surface area contributed by atoms with E-state index in [1.54, 1.807) is 29.5 Å². The molecule has 2 aromatic carbocycles. The van der Waals surface area contributed by atoms with E-state index < -0.39 is 0 Å². The number of amides is 1. The number of para-hydroxylation sites is 1. The molecule has 3 N–H and O–H groups in total. The van der Waals surface area contributed by atoms with Crippen molar-refractivity contribution in [1.82, 2.24) is 10.6 Å². The first-order valence-electron chi connectivity index (χ1n) is 10.6. The molecule has 3 aromatic rings. The van der Waals surface area contributed by atoms with Crippen LogP contribution in [-0.2, 0) is 12.8 Å². The van der Waals surface area contributed by atoms with E-state index in [4.69, 9.17) is 0 Å². The summed E-state index contributed by atoms with van der Waals surface area (Å²) in [5, 5.41) is 18.5. The van der Waals surface area contributed by atoms with Crippen LogP contribution in [0.3, 0.4) is 0 Å². The van der Waals surface area contributed by atoms with Crippen molar-refractivity contribution < 1.29 is 9.90 Å². The highest BCUT2D eigenvalue weighted by molar-refractivity contribution is 7.10. The van der Waals surface area contributed by atoms with E-state index in [0.29, 0.717) is 12.1 Å². The van der Waals surface area contributed by atoms with E-state index in [1.807, 2.05) is 7.05 Å². The predicted molar refractivity (Wildman–Crippen MR) is 129 cm³/mol. The molecule has 1 unspecified atom stereocenters. The maximum atomic E-state index is 12.5. The SMILES string of the molecule is CNC(Cc1ccccc1CC(C)(C)CNC(=O)c1ccccc1O)c1sccc1C. The minimum Gasteiger partial charge on any atom is -0.507 e. The van der Waals surface area contributed by atoms with Gasteiger partial charge in [-0.25, -0.2) is 0 Å². The molecule has 4 nitrogen and oxygen atoms in total. The summed E-state index contributed by atoms with van der Waals surface area (Å²) in [6, 6.07) is 17.7. The summed E-state index contributed by atoms with van der Waals surface area (Å²) >= 11 is 1.80. The first-order chi connectivity index (χ1) is 14.8. The summed E-state index contributed by atoms with van der Waals surface area (Å²) in [6.07, 6.45) is 1.78. The van der Waals surface area contributed by atoms with Crippen molar-refractivity contribution in [2.45, 2.75) is 39.7 Å². The largest absolute Gasteiger partial charge is 0.507 e. The number of aromatic hydroxyl groups is 1. The summed E-state index contributed by atoms with van der Waals surface area (Å²) in [4.78, 5) is 13.9. The Balaban J connectivity index is 1.69. The van der Waals surface area contributed by atoms with E-state index in [2.05, 4.69) is 67.1 Å². The fraction of sp³-hybridized carbons (Fsp3) is 0.346. The van der Waals surface area contributed by atoms with Crippen LogP contribution in [0.1, 0.15) is 51.8 Å². The Morgan fingerprint density at radius 3 is 2.39 bits per heavy atom. The molecule has 1 heterocycles. The summed E-state index contributed by atoms with van der Waals surface area (Å²) in [7, 11) is 2.02. The van der Waals surface area contributed by atoms with Gasteiger partial charge in [-0.15, -0.1) is 11.3 Å². The predicted octanol–water partition coefficient (Wildman–Crippen LogP) is 5.26. The van der Waals surface area contributed by atoms with Crippen LogP contribution < -0.4 is 10.6 Å². The van der Waals surface area contributed by atoms with Gasteiger partial charge < -0.3 is 15.7 Å². The molecule has 3 rings (SSSR count). The number of hydrogen-bond donors (Lipinski definition) is 3. The number of thiophene rings is 1. The number of carbonyl (C=O) groups excluding carboxylic acids is 1. The molecule has 0 saturated carbocycles. The molecule has 164 valence electrons. The quantitative estimate of drug-likeness (QED) is 0.429. The molecule has 5 heteroatoms. The number of rotatable bonds is 9. The molecule has 0 radical (unpaired) electrons. The summed E-state index contributed by atoms with van der Waals surface area (Å²) in [5.74, 6) is -0.243. The molecule has 0 saturated heterocycles. The van der Waals surface area contributed by atoms with Crippen molar-refractivity contribution >= 4 is 17.2 Å². The third-order valence-corrected chi connectivity index (χ3v) is 6.79. The Kier molecular flexibility index (Phi) is 7.52. The number of aryl methyl sites for hydroxylation is 1. The third kappa shape index (κ3) is 5.96. The van der Waals surface area contributed by atoms with Gasteiger partial charge >= 0.3 is 0 Å². The van der Waals surface area contributed by atoms with Crippen LogP contribution in [0.4, 0.5) is 0 Å². The number of phenols is 1. The van der Waals surface area contributed by atoms with Gasteiger partial charge in [-0.05, 0) is 72.5 Å². The van der Waals surface area contributed by atoms with Crippen LogP contribution in [0, 0.1) is 12.3 Å². The molecule has 0 fully saturated rings. The van der Waals surface area contributed by atoms with Gasteiger partial charge in [0.1, 0.15) is 5.75 Å². The molecule has 1 atom stereocenters. The highest BCUT2D eigenvalue weighted by atomic mass is 32.1. The summed E-state index contributed by atoms with van der Waals surface area (Å²) < 4.78 is 0. The zero-order valence-corrected chi connectivity index (χ0v) is 19.6. The second-order valence-electron chi connectivity index (χ2n) is 8.82. The molecule has 31 heavy (non-hydrogen) atoms. The van der Waals surface area contributed by atoms with Crippen molar-refractivity contribution in [1.29, 1.82) is 0 Å². The summed E-state index contributed by atoms with van der Waals surface area (Å²) in [5.41, 5.74) is 4.13. The van der Waals surface area contributed by atoms with Gasteiger partial charge in [0.2, 0.25) is 0 Å². The smallest absolute Gasteiger partial charge is 0.255 e. The summed E-state index contributed by atoms with van der Waals surface area (Å²) in [6.45, 7) is 7.01. The Morgan fingerprint density at radius 1 is 1.06 bits per heavy atom. The van der Waals surface area contributed by atoms with E-state index >= 15 is 0 Å². The lowest BCUT2D eigenvalue weighted by atomic mass is 9.83. The van der Waals surface area contributed by atoms with E-state index in [1.165, 1.54) is 27.6 Å². The number of phenolic OH excluding ortho intramolecular Hbond substituents is 1. The third-order valence-electron chi connectivity index (χ3n) is 5.65. The number of hydrogen-bond acceptors (Lipinski definition) is 4. The van der Waals surface area contributed by atoms with Gasteiger partial charge in [0.15, 0.2) is 0 Å². The van der Waals surface area contributed by atoms with Crippen LogP contribution in [0.15, 0.2) is 60.0 Å². The minimum atomic E-state index is -0.247. The maximum absolute atomic E-state index is 12.5. The van der Waals surface area contributed by atoms with Crippen molar-refractivity contribution in [2.75, 3.05) is 13.6 Å². The fourth-order valence-electron chi connectivity index (χ4n) is 3.87. The average molecular weight is 437 g/mol. The lowest BCUT2D eigenvalue weighted by molar-refractivity contribution is 0.0933. The number of likely N-dealkylation sites (N-methyl/N-ethyl adjacent to an activating group) is 1. The number of carbonyl (C=O) groups is 1. The Hall–Kier alpha value is -2.63. The van der Waals surface area contributed by atoms with Crippen LogP contribution in [0.5, 0.6) is 5.75 Å². The zero-order chi connectivity index (χ0) is 22.4. The van der Waals surface area contributed by atoms with Crippen LogP contribution in [0.2, 0.25) is 0 Å². The monoisotopic (exact) mass is 436 g/mol. The maximum Gasteiger partial charge on any atom is 0.255 e. The molecule has 0 aliphatic rings. The average Bonchev–Trinajstić information content (AvgIpc) is 3.17. The first kappa shape index (κ1) is 23.0. The lowest BCUT2D eigenvalue weighted by Crippen LogP contribution is -2.35. The second kappa shape index (κ2) is 10.1.